The molecule has 1 aliphatic heterocycles. The lowest BCUT2D eigenvalue weighted by Crippen LogP contribution is -2.39. The molecule has 1 aliphatic rings. The van der Waals surface area contributed by atoms with E-state index in [-0.39, 0.29) is 40.7 Å². The highest BCUT2D eigenvalue weighted by atomic mass is 32.2. The van der Waals surface area contributed by atoms with Gasteiger partial charge in [-0.15, -0.1) is 11.8 Å². The van der Waals surface area contributed by atoms with Crippen molar-refractivity contribution in [2.24, 2.45) is 5.73 Å². The van der Waals surface area contributed by atoms with Gasteiger partial charge in [0.25, 0.3) is 0 Å². The summed E-state index contributed by atoms with van der Waals surface area (Å²) in [7, 11) is 0. The van der Waals surface area contributed by atoms with Gasteiger partial charge >= 0.3 is 11.9 Å². The van der Waals surface area contributed by atoms with Crippen LogP contribution < -0.4 is 10.5 Å². The minimum absolute atomic E-state index is 0.0135. The molecule has 0 saturated carbocycles. The Morgan fingerprint density at radius 1 is 1.00 bits per heavy atom. The first-order valence-electron chi connectivity index (χ1n) is 11.9. The first-order chi connectivity index (χ1) is 18.6. The van der Waals surface area contributed by atoms with Gasteiger partial charge in [-0.3, -0.25) is 4.79 Å². The maximum atomic E-state index is 13.2. The number of hydrogen-bond acceptors (Lipinski definition) is 12. The number of rotatable bonds is 8. The highest BCUT2D eigenvalue weighted by molar-refractivity contribution is 7.99. The maximum absolute atomic E-state index is 13.2. The summed E-state index contributed by atoms with van der Waals surface area (Å²) < 4.78 is 17.0. The van der Waals surface area contributed by atoms with E-state index in [1.807, 2.05) is 0 Å². The highest BCUT2D eigenvalue weighted by Crippen LogP contribution is 2.53. The summed E-state index contributed by atoms with van der Waals surface area (Å²) in [5.74, 6) is -4.30. The largest absolute Gasteiger partial charge is 0.508 e. The van der Waals surface area contributed by atoms with Crippen LogP contribution in [-0.4, -0.2) is 62.0 Å². The zero-order chi connectivity index (χ0) is 28.3. The molecule has 4 atom stereocenters. The first-order valence-corrected chi connectivity index (χ1v) is 12.9. The first kappa shape index (κ1) is 27.7. The van der Waals surface area contributed by atoms with Crippen molar-refractivity contribution in [2.75, 3.05) is 12.4 Å². The average Bonchev–Trinajstić information content (AvgIpc) is 2.90. The van der Waals surface area contributed by atoms with Crippen molar-refractivity contribution in [1.29, 1.82) is 0 Å². The minimum atomic E-state index is -1.14. The summed E-state index contributed by atoms with van der Waals surface area (Å²) in [4.78, 5) is 25.4. The van der Waals surface area contributed by atoms with Gasteiger partial charge < -0.3 is 45.5 Å². The normalized spacial score (nSPS) is 18.9. The molecule has 1 heterocycles. The molecule has 0 fully saturated rings. The van der Waals surface area contributed by atoms with Gasteiger partial charge in [-0.1, -0.05) is 30.3 Å². The van der Waals surface area contributed by atoms with Crippen LogP contribution in [0, 0.1) is 0 Å². The number of benzene rings is 3. The van der Waals surface area contributed by atoms with Crippen molar-refractivity contribution in [3.8, 4) is 34.5 Å². The van der Waals surface area contributed by atoms with E-state index in [1.165, 1.54) is 6.07 Å². The van der Waals surface area contributed by atoms with Gasteiger partial charge in [-0.05, 0) is 24.6 Å². The number of aromatic hydroxyl groups is 5. The third kappa shape index (κ3) is 5.91. The standard InChI is InChI=1S/C27H27NO10S/c1-2-36-27(35)16(28)12-39-25-21-17(30)10-15(29)11-20(21)37-23(13-6-4-3-5-7-13)24(25)38-26(34)14-8-18(31)22(33)19(32)9-14/h3-11,16,23-25,29-33H,2,12,28H2,1H3/t16-,23+,24-,25-/m0/s1. The number of carbonyl (C=O) groups is 2. The molecule has 39 heavy (non-hydrogen) atoms. The van der Waals surface area contributed by atoms with Crippen LogP contribution in [0.2, 0.25) is 0 Å². The van der Waals surface area contributed by atoms with Crippen molar-refractivity contribution in [3.63, 3.8) is 0 Å². The molecule has 12 heteroatoms. The number of thioether (sulfide) groups is 1. The van der Waals surface area contributed by atoms with Crippen LogP contribution in [0.3, 0.4) is 0 Å². The molecule has 0 amide bonds. The molecule has 0 saturated heterocycles. The molecule has 3 aromatic rings. The predicted octanol–water partition coefficient (Wildman–Crippen LogP) is 3.24. The summed E-state index contributed by atoms with van der Waals surface area (Å²) in [5.41, 5.74) is 6.56. The zero-order valence-electron chi connectivity index (χ0n) is 20.7. The Labute approximate surface area is 227 Å². The van der Waals surface area contributed by atoms with Crippen LogP contribution in [0.1, 0.15) is 39.8 Å². The van der Waals surface area contributed by atoms with E-state index in [1.54, 1.807) is 37.3 Å². The summed E-state index contributed by atoms with van der Waals surface area (Å²) in [5, 5.41) is 49.5. The minimum Gasteiger partial charge on any atom is -0.508 e. The average molecular weight is 558 g/mol. The highest BCUT2D eigenvalue weighted by Gasteiger charge is 2.44. The smallest absolute Gasteiger partial charge is 0.338 e. The number of phenolic OH excluding ortho intramolecular Hbond substituents is 5. The molecule has 0 aromatic heterocycles. The molecule has 0 aliphatic carbocycles. The summed E-state index contributed by atoms with van der Waals surface area (Å²) in [6, 6.07) is 12.0. The monoisotopic (exact) mass is 557 g/mol. The van der Waals surface area contributed by atoms with E-state index >= 15 is 0 Å². The van der Waals surface area contributed by atoms with E-state index in [2.05, 4.69) is 0 Å². The third-order valence-electron chi connectivity index (χ3n) is 5.96. The number of nitrogens with two attached hydrogens (primary N) is 1. The molecular formula is C27H27NO10S. The Morgan fingerprint density at radius 3 is 2.31 bits per heavy atom. The van der Waals surface area contributed by atoms with E-state index in [0.717, 1.165) is 30.0 Å². The Kier molecular flexibility index (Phi) is 8.27. The SMILES string of the molecule is CCOC(=O)[C@@H](N)CS[C@H]1c2c(O)cc(O)cc2O[C@H](c2ccccc2)[C@@H]1OC(=O)c1cc(O)c(O)c(O)c1. The van der Waals surface area contributed by atoms with E-state index < -0.39 is 52.7 Å². The number of fused-ring (bicyclic) bond motifs is 1. The topological polar surface area (TPSA) is 189 Å². The molecular weight excluding hydrogens is 530 g/mol. The van der Waals surface area contributed by atoms with Gasteiger partial charge in [0.15, 0.2) is 29.5 Å². The number of esters is 2. The summed E-state index contributed by atoms with van der Waals surface area (Å²) in [6.07, 6.45) is -2.08. The van der Waals surface area contributed by atoms with E-state index in [0.29, 0.717) is 5.56 Å². The molecule has 11 nitrogen and oxygen atoms in total. The Hall–Kier alpha value is -4.29. The molecule has 0 bridgehead atoms. The quantitative estimate of drug-likeness (QED) is 0.175. The van der Waals surface area contributed by atoms with Crippen LogP contribution in [0.25, 0.3) is 0 Å². The Bertz CT molecular complexity index is 1340. The lowest BCUT2D eigenvalue weighted by molar-refractivity contribution is -0.144. The number of carbonyl (C=O) groups excluding carboxylic acids is 2. The van der Waals surface area contributed by atoms with Crippen LogP contribution in [0.15, 0.2) is 54.6 Å². The molecule has 3 aromatic carbocycles. The number of ether oxygens (including phenoxy) is 3. The molecule has 0 radical (unpaired) electrons. The lowest BCUT2D eigenvalue weighted by atomic mass is 9.93. The van der Waals surface area contributed by atoms with Crippen LogP contribution >= 0.6 is 11.8 Å². The maximum Gasteiger partial charge on any atom is 0.338 e. The fourth-order valence-corrected chi connectivity index (χ4v) is 5.49. The molecule has 206 valence electrons. The molecule has 4 rings (SSSR count). The fourth-order valence-electron chi connectivity index (χ4n) is 4.15. The summed E-state index contributed by atoms with van der Waals surface area (Å²) >= 11 is 1.11. The second-order valence-electron chi connectivity index (χ2n) is 8.67. The zero-order valence-corrected chi connectivity index (χ0v) is 21.5. The Morgan fingerprint density at radius 2 is 1.67 bits per heavy atom. The fraction of sp³-hybridized carbons (Fsp3) is 0.259. The van der Waals surface area contributed by atoms with Gasteiger partial charge in [0.05, 0.1) is 23.0 Å². The molecule has 7 N–H and O–H groups in total. The molecule has 0 spiro atoms. The Balaban J connectivity index is 1.78. The lowest BCUT2D eigenvalue weighted by Gasteiger charge is -2.39. The van der Waals surface area contributed by atoms with Gasteiger partial charge in [-0.25, -0.2) is 4.79 Å². The van der Waals surface area contributed by atoms with Crippen molar-refractivity contribution in [1.82, 2.24) is 0 Å². The van der Waals surface area contributed by atoms with Gasteiger partial charge in [0, 0.05) is 17.9 Å². The second-order valence-corrected chi connectivity index (χ2v) is 9.85. The second kappa shape index (κ2) is 11.6. The van der Waals surface area contributed by atoms with Gasteiger partial charge in [-0.2, -0.15) is 0 Å². The van der Waals surface area contributed by atoms with Gasteiger partial charge in [0.2, 0.25) is 0 Å². The predicted molar refractivity (Wildman–Crippen MR) is 140 cm³/mol. The number of hydrogen-bond donors (Lipinski definition) is 6. The van der Waals surface area contributed by atoms with Crippen molar-refractivity contribution < 1.29 is 49.3 Å². The molecule has 0 unspecified atom stereocenters. The van der Waals surface area contributed by atoms with E-state index in [4.69, 9.17) is 19.9 Å². The van der Waals surface area contributed by atoms with Crippen molar-refractivity contribution in [2.45, 2.75) is 30.4 Å². The van der Waals surface area contributed by atoms with Crippen molar-refractivity contribution >= 4 is 23.7 Å². The van der Waals surface area contributed by atoms with Crippen LogP contribution in [-0.2, 0) is 14.3 Å². The third-order valence-corrected chi connectivity index (χ3v) is 7.38. The summed E-state index contributed by atoms with van der Waals surface area (Å²) in [6.45, 7) is 1.79. The van der Waals surface area contributed by atoms with Crippen molar-refractivity contribution in [3.05, 3.63) is 71.3 Å². The number of phenols is 5. The van der Waals surface area contributed by atoms with E-state index in [9.17, 15) is 35.1 Å². The van der Waals surface area contributed by atoms with Crippen LogP contribution in [0.5, 0.6) is 34.5 Å². The van der Waals surface area contributed by atoms with Gasteiger partial charge in [0.1, 0.15) is 23.3 Å². The van der Waals surface area contributed by atoms with Crippen LogP contribution in [0.4, 0.5) is 0 Å².